The highest BCUT2D eigenvalue weighted by Crippen LogP contribution is 2.34. The van der Waals surface area contributed by atoms with E-state index in [1.165, 1.54) is 11.0 Å². The second-order valence-corrected chi connectivity index (χ2v) is 6.17. The summed E-state index contributed by atoms with van der Waals surface area (Å²) in [6.45, 7) is 0.136. The summed E-state index contributed by atoms with van der Waals surface area (Å²) in [7, 11) is 0. The maximum Gasteiger partial charge on any atom is 0.255 e. The van der Waals surface area contributed by atoms with Crippen molar-refractivity contribution in [3.63, 3.8) is 0 Å². The second kappa shape index (κ2) is 5.93. The SMILES string of the molecule is O=C(c1cccc2[nH]ncc12)N1C[C@H](O)C[C@@H]1c1ccc(F)c(F)c1. The first-order chi connectivity index (χ1) is 12.0. The van der Waals surface area contributed by atoms with Crippen LogP contribution in [0.2, 0.25) is 0 Å². The zero-order valence-electron chi connectivity index (χ0n) is 13.1. The molecule has 0 saturated carbocycles. The minimum Gasteiger partial charge on any atom is -0.391 e. The summed E-state index contributed by atoms with van der Waals surface area (Å²) in [4.78, 5) is 14.5. The number of aromatic nitrogens is 2. The van der Waals surface area contributed by atoms with E-state index in [4.69, 9.17) is 0 Å². The average molecular weight is 343 g/mol. The number of carbonyl (C=O) groups excluding carboxylic acids is 1. The molecule has 1 fully saturated rings. The molecule has 1 amide bonds. The number of rotatable bonds is 2. The molecular formula is C18H15F2N3O2. The number of amides is 1. The molecule has 2 aromatic carbocycles. The molecule has 0 bridgehead atoms. The maximum atomic E-state index is 13.6. The third-order valence-electron chi connectivity index (χ3n) is 4.58. The molecule has 1 aliphatic heterocycles. The van der Waals surface area contributed by atoms with Gasteiger partial charge in [-0.1, -0.05) is 12.1 Å². The van der Waals surface area contributed by atoms with Crippen LogP contribution in [0.4, 0.5) is 8.78 Å². The van der Waals surface area contributed by atoms with E-state index in [1.54, 1.807) is 18.3 Å². The van der Waals surface area contributed by atoms with Crippen LogP contribution in [-0.4, -0.2) is 38.8 Å². The summed E-state index contributed by atoms with van der Waals surface area (Å²) in [6, 6.07) is 8.29. The number of hydrogen-bond acceptors (Lipinski definition) is 3. The number of aromatic amines is 1. The molecule has 1 aromatic heterocycles. The third-order valence-corrected chi connectivity index (χ3v) is 4.58. The number of β-amino-alcohol motifs (C(OH)–C–C–N with tert-alkyl or cyclic N) is 1. The summed E-state index contributed by atoms with van der Waals surface area (Å²) < 4.78 is 26.8. The van der Waals surface area contributed by atoms with Gasteiger partial charge in [0.05, 0.1) is 29.4 Å². The van der Waals surface area contributed by atoms with Crippen LogP contribution in [0, 0.1) is 11.6 Å². The molecule has 0 spiro atoms. The van der Waals surface area contributed by atoms with Crippen LogP contribution < -0.4 is 0 Å². The summed E-state index contributed by atoms with van der Waals surface area (Å²) in [5.74, 6) is -2.19. The average Bonchev–Trinajstić information content (AvgIpc) is 3.22. The van der Waals surface area contributed by atoms with Crippen molar-refractivity contribution in [1.82, 2.24) is 15.1 Å². The number of fused-ring (bicyclic) bond motifs is 1. The van der Waals surface area contributed by atoms with Crippen molar-refractivity contribution in [2.75, 3.05) is 6.54 Å². The Kier molecular flexibility index (Phi) is 3.73. The van der Waals surface area contributed by atoms with Crippen LogP contribution in [-0.2, 0) is 0 Å². The minimum atomic E-state index is -0.969. The number of nitrogens with zero attached hydrogens (tertiary/aromatic N) is 2. The van der Waals surface area contributed by atoms with Crippen molar-refractivity contribution in [2.24, 2.45) is 0 Å². The van der Waals surface area contributed by atoms with Crippen LogP contribution in [0.5, 0.6) is 0 Å². The summed E-state index contributed by atoms with van der Waals surface area (Å²) >= 11 is 0. The van der Waals surface area contributed by atoms with Crippen molar-refractivity contribution in [3.05, 3.63) is 65.4 Å². The Morgan fingerprint density at radius 3 is 2.88 bits per heavy atom. The largest absolute Gasteiger partial charge is 0.391 e. The van der Waals surface area contributed by atoms with E-state index in [-0.39, 0.29) is 18.9 Å². The predicted molar refractivity (Wildman–Crippen MR) is 86.9 cm³/mol. The minimum absolute atomic E-state index is 0.136. The van der Waals surface area contributed by atoms with Crippen LogP contribution in [0.25, 0.3) is 10.9 Å². The molecule has 128 valence electrons. The third kappa shape index (κ3) is 2.66. The van der Waals surface area contributed by atoms with Crippen molar-refractivity contribution >= 4 is 16.8 Å². The van der Waals surface area contributed by atoms with E-state index in [0.29, 0.717) is 16.5 Å². The van der Waals surface area contributed by atoms with Gasteiger partial charge in [-0.25, -0.2) is 8.78 Å². The molecule has 3 aromatic rings. The normalized spacial score (nSPS) is 20.4. The van der Waals surface area contributed by atoms with Crippen molar-refractivity contribution < 1.29 is 18.7 Å². The summed E-state index contributed by atoms with van der Waals surface area (Å²) in [5, 5.41) is 17.5. The molecule has 0 unspecified atom stereocenters. The van der Waals surface area contributed by atoms with E-state index < -0.39 is 23.8 Å². The molecule has 7 heteroatoms. The number of aliphatic hydroxyl groups excluding tert-OH is 1. The molecule has 0 aliphatic carbocycles. The molecule has 2 N–H and O–H groups in total. The number of H-pyrrole nitrogens is 1. The summed E-state index contributed by atoms with van der Waals surface area (Å²) in [6.07, 6.45) is 1.13. The fourth-order valence-corrected chi connectivity index (χ4v) is 3.38. The van der Waals surface area contributed by atoms with Gasteiger partial charge in [0.1, 0.15) is 0 Å². The molecule has 1 aliphatic rings. The van der Waals surface area contributed by atoms with Gasteiger partial charge in [0.2, 0.25) is 0 Å². The topological polar surface area (TPSA) is 69.2 Å². The smallest absolute Gasteiger partial charge is 0.255 e. The van der Waals surface area contributed by atoms with Gasteiger partial charge >= 0.3 is 0 Å². The first-order valence-electron chi connectivity index (χ1n) is 7.90. The number of hydrogen-bond donors (Lipinski definition) is 2. The van der Waals surface area contributed by atoms with Gasteiger partial charge in [0, 0.05) is 11.9 Å². The van der Waals surface area contributed by atoms with Gasteiger partial charge < -0.3 is 10.0 Å². The molecule has 5 nitrogen and oxygen atoms in total. The highest BCUT2D eigenvalue weighted by molar-refractivity contribution is 6.06. The van der Waals surface area contributed by atoms with E-state index in [1.807, 2.05) is 6.07 Å². The standard InChI is InChI=1S/C18H15F2N3O2/c19-14-5-4-10(6-15(14)20)17-7-11(24)9-23(17)18(25)12-2-1-3-16-13(12)8-21-22-16/h1-6,8,11,17,24H,7,9H2,(H,21,22)/t11-,17-/m1/s1. The van der Waals surface area contributed by atoms with Gasteiger partial charge in [-0.15, -0.1) is 0 Å². The number of carbonyl (C=O) groups is 1. The fourth-order valence-electron chi connectivity index (χ4n) is 3.38. The molecule has 0 radical (unpaired) electrons. The Balaban J connectivity index is 1.73. The van der Waals surface area contributed by atoms with Crippen molar-refractivity contribution in [2.45, 2.75) is 18.6 Å². The van der Waals surface area contributed by atoms with Crippen LogP contribution in [0.15, 0.2) is 42.6 Å². The van der Waals surface area contributed by atoms with Gasteiger partial charge in [-0.05, 0) is 36.2 Å². The highest BCUT2D eigenvalue weighted by atomic mass is 19.2. The fraction of sp³-hybridized carbons (Fsp3) is 0.222. The number of benzene rings is 2. The lowest BCUT2D eigenvalue weighted by Gasteiger charge is -2.25. The lowest BCUT2D eigenvalue weighted by atomic mass is 10.0. The highest BCUT2D eigenvalue weighted by Gasteiger charge is 2.36. The number of halogens is 2. The van der Waals surface area contributed by atoms with Crippen molar-refractivity contribution in [1.29, 1.82) is 0 Å². The van der Waals surface area contributed by atoms with Gasteiger partial charge in [-0.3, -0.25) is 9.89 Å². The first kappa shape index (κ1) is 15.7. The van der Waals surface area contributed by atoms with Crippen LogP contribution in [0.3, 0.4) is 0 Å². The quantitative estimate of drug-likeness (QED) is 0.752. The summed E-state index contributed by atoms with van der Waals surface area (Å²) in [5.41, 5.74) is 1.64. The molecule has 2 atom stereocenters. The van der Waals surface area contributed by atoms with Gasteiger partial charge in [-0.2, -0.15) is 5.10 Å². The first-order valence-corrected chi connectivity index (χ1v) is 7.90. The van der Waals surface area contributed by atoms with Gasteiger partial charge in [0.15, 0.2) is 11.6 Å². The van der Waals surface area contributed by atoms with Crippen molar-refractivity contribution in [3.8, 4) is 0 Å². The Hall–Kier alpha value is -2.80. The monoisotopic (exact) mass is 343 g/mol. The molecule has 2 heterocycles. The van der Waals surface area contributed by atoms with E-state index in [2.05, 4.69) is 10.2 Å². The van der Waals surface area contributed by atoms with Crippen LogP contribution >= 0.6 is 0 Å². The lowest BCUT2D eigenvalue weighted by molar-refractivity contribution is 0.0717. The maximum absolute atomic E-state index is 13.6. The number of nitrogens with one attached hydrogen (secondary N) is 1. The van der Waals surface area contributed by atoms with Crippen LogP contribution in [0.1, 0.15) is 28.4 Å². The number of aliphatic hydroxyl groups is 1. The molecular weight excluding hydrogens is 328 g/mol. The molecule has 25 heavy (non-hydrogen) atoms. The van der Waals surface area contributed by atoms with E-state index in [9.17, 15) is 18.7 Å². The predicted octanol–water partition coefficient (Wildman–Crippen LogP) is 2.79. The zero-order chi connectivity index (χ0) is 17.6. The van der Waals surface area contributed by atoms with E-state index in [0.717, 1.165) is 17.6 Å². The Bertz CT molecular complexity index is 956. The van der Waals surface area contributed by atoms with E-state index >= 15 is 0 Å². The second-order valence-electron chi connectivity index (χ2n) is 6.17. The number of likely N-dealkylation sites (tertiary alicyclic amines) is 1. The van der Waals surface area contributed by atoms with Gasteiger partial charge in [0.25, 0.3) is 5.91 Å². The zero-order valence-corrected chi connectivity index (χ0v) is 13.1. The Morgan fingerprint density at radius 1 is 1.24 bits per heavy atom. The Morgan fingerprint density at radius 2 is 2.08 bits per heavy atom. The molecule has 4 rings (SSSR count). The molecule has 1 saturated heterocycles. The lowest BCUT2D eigenvalue weighted by Crippen LogP contribution is -2.32. The Labute approximate surface area is 141 Å².